The predicted octanol–water partition coefficient (Wildman–Crippen LogP) is -0.769. The third-order valence-corrected chi connectivity index (χ3v) is 3.14. The standard InChI is InChI=1S/C12H14N2O3S.BrH/c1-3-17-8-4-5-9-10(6-8)14-12(13-9)18-7-11(15)16-2;/h4-6H,3,7H2,1-2H3,(H,13,14);1H/p-1. The molecule has 1 aromatic heterocycles. The molecule has 0 saturated heterocycles. The van der Waals surface area contributed by atoms with E-state index in [0.29, 0.717) is 11.8 Å². The maximum absolute atomic E-state index is 11.0. The van der Waals surface area contributed by atoms with Crippen LogP contribution >= 0.6 is 11.8 Å². The second-order valence-electron chi connectivity index (χ2n) is 3.52. The van der Waals surface area contributed by atoms with Gasteiger partial charge < -0.3 is 31.4 Å². The van der Waals surface area contributed by atoms with Crippen molar-refractivity contribution >= 4 is 28.8 Å². The number of esters is 1. The SMILES string of the molecule is CCOc1ccc2nc(SCC(=O)OC)[nH]c2c1.[Br-]. The van der Waals surface area contributed by atoms with E-state index in [2.05, 4.69) is 14.7 Å². The Bertz CT molecular complexity index is 559. The van der Waals surface area contributed by atoms with Crippen molar-refractivity contribution < 1.29 is 31.2 Å². The molecule has 1 N–H and O–H groups in total. The molecule has 0 bridgehead atoms. The van der Waals surface area contributed by atoms with Crippen molar-refractivity contribution in [2.45, 2.75) is 12.1 Å². The number of hydrogen-bond acceptors (Lipinski definition) is 5. The Balaban J connectivity index is 0.00000180. The molecule has 0 fully saturated rings. The summed E-state index contributed by atoms with van der Waals surface area (Å²) in [6.07, 6.45) is 0. The maximum atomic E-state index is 11.0. The van der Waals surface area contributed by atoms with Crippen molar-refractivity contribution in [3.63, 3.8) is 0 Å². The molecule has 0 aliphatic rings. The first-order chi connectivity index (χ1) is 8.72. The van der Waals surface area contributed by atoms with Gasteiger partial charge in [-0.3, -0.25) is 4.79 Å². The second-order valence-corrected chi connectivity index (χ2v) is 4.48. The van der Waals surface area contributed by atoms with Gasteiger partial charge in [-0.1, -0.05) is 11.8 Å². The molecule has 0 aliphatic heterocycles. The van der Waals surface area contributed by atoms with Crippen LogP contribution in [0, 0.1) is 0 Å². The van der Waals surface area contributed by atoms with Gasteiger partial charge in [-0.05, 0) is 19.1 Å². The summed E-state index contributed by atoms with van der Waals surface area (Å²) >= 11 is 1.32. The molecule has 0 atom stereocenters. The highest BCUT2D eigenvalue weighted by atomic mass is 79.9. The van der Waals surface area contributed by atoms with Gasteiger partial charge in [0.2, 0.25) is 0 Å². The highest BCUT2D eigenvalue weighted by Gasteiger charge is 2.07. The predicted molar refractivity (Wildman–Crippen MR) is 70.0 cm³/mol. The summed E-state index contributed by atoms with van der Waals surface area (Å²) in [7, 11) is 1.37. The van der Waals surface area contributed by atoms with Crippen molar-refractivity contribution in [3.05, 3.63) is 18.2 Å². The summed E-state index contributed by atoms with van der Waals surface area (Å²) in [6.45, 7) is 2.57. The first-order valence-electron chi connectivity index (χ1n) is 5.55. The Morgan fingerprint density at radius 1 is 1.47 bits per heavy atom. The average molecular weight is 346 g/mol. The number of carbonyl (C=O) groups is 1. The first kappa shape index (κ1) is 15.8. The van der Waals surface area contributed by atoms with Crippen LogP contribution in [0.4, 0.5) is 0 Å². The molecule has 7 heteroatoms. The fourth-order valence-corrected chi connectivity index (χ4v) is 2.19. The minimum absolute atomic E-state index is 0. The highest BCUT2D eigenvalue weighted by molar-refractivity contribution is 7.99. The lowest BCUT2D eigenvalue weighted by atomic mass is 10.3. The number of H-pyrrole nitrogens is 1. The summed E-state index contributed by atoms with van der Waals surface area (Å²) < 4.78 is 9.99. The number of halogens is 1. The minimum atomic E-state index is -0.268. The largest absolute Gasteiger partial charge is 1.00 e. The number of imidazole rings is 1. The Morgan fingerprint density at radius 3 is 2.95 bits per heavy atom. The van der Waals surface area contributed by atoms with Crippen molar-refractivity contribution in [2.24, 2.45) is 0 Å². The van der Waals surface area contributed by atoms with E-state index in [9.17, 15) is 4.79 Å². The van der Waals surface area contributed by atoms with Gasteiger partial charge in [-0.15, -0.1) is 0 Å². The lowest BCUT2D eigenvalue weighted by molar-refractivity contribution is -0.137. The number of nitrogens with zero attached hydrogens (tertiary/aromatic N) is 1. The fourth-order valence-electron chi connectivity index (χ4n) is 1.48. The zero-order chi connectivity index (χ0) is 13.0. The zero-order valence-corrected chi connectivity index (χ0v) is 13.0. The van der Waals surface area contributed by atoms with Crippen LogP contribution in [0.5, 0.6) is 5.75 Å². The minimum Gasteiger partial charge on any atom is -1.00 e. The van der Waals surface area contributed by atoms with Gasteiger partial charge in [0, 0.05) is 6.07 Å². The van der Waals surface area contributed by atoms with Crippen LogP contribution in [0.3, 0.4) is 0 Å². The monoisotopic (exact) mass is 345 g/mol. The van der Waals surface area contributed by atoms with Gasteiger partial charge in [-0.25, -0.2) is 4.98 Å². The van der Waals surface area contributed by atoms with Crippen LogP contribution in [-0.2, 0) is 9.53 Å². The van der Waals surface area contributed by atoms with Crippen molar-refractivity contribution in [2.75, 3.05) is 19.5 Å². The lowest BCUT2D eigenvalue weighted by Gasteiger charge is -2.00. The van der Waals surface area contributed by atoms with Gasteiger partial charge in [-0.2, -0.15) is 0 Å². The van der Waals surface area contributed by atoms with E-state index in [1.54, 1.807) is 0 Å². The summed E-state index contributed by atoms with van der Waals surface area (Å²) in [4.78, 5) is 18.5. The Hall–Kier alpha value is -1.21. The Kier molecular flexibility index (Phi) is 6.17. The molecule has 1 heterocycles. The third-order valence-electron chi connectivity index (χ3n) is 2.30. The van der Waals surface area contributed by atoms with Gasteiger partial charge in [0.1, 0.15) is 5.75 Å². The topological polar surface area (TPSA) is 64.2 Å². The first-order valence-corrected chi connectivity index (χ1v) is 6.53. The van der Waals surface area contributed by atoms with Gasteiger partial charge in [0.05, 0.1) is 30.5 Å². The smallest absolute Gasteiger partial charge is 0.316 e. The van der Waals surface area contributed by atoms with Crippen molar-refractivity contribution in [3.8, 4) is 5.75 Å². The molecule has 0 spiro atoms. The number of methoxy groups -OCH3 is 1. The summed E-state index contributed by atoms with van der Waals surface area (Å²) in [5.41, 5.74) is 1.75. The number of thioether (sulfide) groups is 1. The quantitative estimate of drug-likeness (QED) is 0.569. The number of carbonyl (C=O) groups excluding carboxylic acids is 1. The fraction of sp³-hybridized carbons (Fsp3) is 0.333. The molecule has 104 valence electrons. The van der Waals surface area contributed by atoms with E-state index in [4.69, 9.17) is 4.74 Å². The van der Waals surface area contributed by atoms with E-state index in [1.807, 2.05) is 25.1 Å². The Morgan fingerprint density at radius 2 is 2.26 bits per heavy atom. The summed E-state index contributed by atoms with van der Waals surface area (Å²) in [6, 6.07) is 5.66. The van der Waals surface area contributed by atoms with Crippen LogP contribution in [0.15, 0.2) is 23.4 Å². The number of aromatic amines is 1. The van der Waals surface area contributed by atoms with Crippen LogP contribution in [0.25, 0.3) is 11.0 Å². The number of rotatable bonds is 5. The molecule has 5 nitrogen and oxygen atoms in total. The van der Waals surface area contributed by atoms with Gasteiger partial charge in [0.15, 0.2) is 5.16 Å². The summed E-state index contributed by atoms with van der Waals surface area (Å²) in [5, 5.41) is 0.698. The van der Waals surface area contributed by atoms with Gasteiger partial charge >= 0.3 is 5.97 Å². The Labute approximate surface area is 125 Å². The number of hydrogen-bond donors (Lipinski definition) is 1. The van der Waals surface area contributed by atoms with Gasteiger partial charge in [0.25, 0.3) is 0 Å². The van der Waals surface area contributed by atoms with Crippen molar-refractivity contribution in [1.29, 1.82) is 0 Å². The normalized spacial score (nSPS) is 10.0. The van der Waals surface area contributed by atoms with Crippen LogP contribution in [0.1, 0.15) is 6.92 Å². The van der Waals surface area contributed by atoms with E-state index < -0.39 is 0 Å². The number of ether oxygens (including phenoxy) is 2. The number of nitrogens with one attached hydrogen (secondary N) is 1. The number of fused-ring (bicyclic) bond motifs is 1. The van der Waals surface area contributed by atoms with E-state index >= 15 is 0 Å². The third kappa shape index (κ3) is 4.14. The molecule has 0 unspecified atom stereocenters. The van der Waals surface area contributed by atoms with Crippen LogP contribution in [0.2, 0.25) is 0 Å². The lowest BCUT2D eigenvalue weighted by Crippen LogP contribution is -3.00. The average Bonchev–Trinajstić information content (AvgIpc) is 2.78. The molecule has 0 aliphatic carbocycles. The van der Waals surface area contributed by atoms with Crippen LogP contribution in [-0.4, -0.2) is 35.4 Å². The molecule has 0 radical (unpaired) electrons. The highest BCUT2D eigenvalue weighted by Crippen LogP contribution is 2.23. The molecule has 0 amide bonds. The maximum Gasteiger partial charge on any atom is 0.316 e. The van der Waals surface area contributed by atoms with Crippen LogP contribution < -0.4 is 21.7 Å². The van der Waals surface area contributed by atoms with E-state index in [0.717, 1.165) is 16.8 Å². The van der Waals surface area contributed by atoms with E-state index in [-0.39, 0.29) is 28.7 Å². The molecular formula is C12H14BrN2O3S-. The molecule has 19 heavy (non-hydrogen) atoms. The molecule has 1 aromatic carbocycles. The van der Waals surface area contributed by atoms with Crippen molar-refractivity contribution in [1.82, 2.24) is 9.97 Å². The molecule has 2 aromatic rings. The summed E-state index contributed by atoms with van der Waals surface area (Å²) in [5.74, 6) is 0.780. The number of aromatic nitrogens is 2. The number of benzene rings is 1. The van der Waals surface area contributed by atoms with E-state index in [1.165, 1.54) is 18.9 Å². The zero-order valence-electron chi connectivity index (χ0n) is 10.6. The molecular weight excluding hydrogens is 332 g/mol. The molecule has 2 rings (SSSR count). The second kappa shape index (κ2) is 7.40. The molecule has 0 saturated carbocycles.